The Bertz CT molecular complexity index is 773. The van der Waals surface area contributed by atoms with Crippen LogP contribution in [-0.4, -0.2) is 29.9 Å². The van der Waals surface area contributed by atoms with Gasteiger partial charge in [0, 0.05) is 25.2 Å². The number of carbonyl (C=O) groups excluding carboxylic acids is 1. The molecule has 0 fully saturated rings. The van der Waals surface area contributed by atoms with Crippen molar-refractivity contribution in [3.63, 3.8) is 0 Å². The summed E-state index contributed by atoms with van der Waals surface area (Å²) < 4.78 is 11.4. The molecule has 1 amide bonds. The van der Waals surface area contributed by atoms with Gasteiger partial charge in [0.25, 0.3) is 11.5 Å². The fraction of sp³-hybridized carbons (Fsp3) is 0.214. The molecule has 0 radical (unpaired) electrons. The average molecular weight is 324 g/mol. The van der Waals surface area contributed by atoms with E-state index in [9.17, 15) is 9.59 Å². The van der Waals surface area contributed by atoms with Gasteiger partial charge in [0.15, 0.2) is 11.5 Å². The Kier molecular flexibility index (Phi) is 4.67. The Balaban J connectivity index is 2.31. The van der Waals surface area contributed by atoms with Gasteiger partial charge < -0.3 is 14.8 Å². The van der Waals surface area contributed by atoms with Crippen molar-refractivity contribution in [1.29, 1.82) is 0 Å². The number of halogens is 1. The molecule has 2 aromatic rings. The Hall–Kier alpha value is -2.54. The van der Waals surface area contributed by atoms with Crippen molar-refractivity contribution in [2.75, 3.05) is 19.5 Å². The second-order valence-electron chi connectivity index (χ2n) is 4.32. The largest absolute Gasteiger partial charge is 0.493 e. The lowest BCUT2D eigenvalue weighted by atomic mass is 10.2. The summed E-state index contributed by atoms with van der Waals surface area (Å²) in [5.74, 6) is 0.381. The number of nitrogens with zero attached hydrogens (tertiary/aromatic N) is 2. The van der Waals surface area contributed by atoms with Crippen LogP contribution in [-0.2, 0) is 7.05 Å². The molecule has 22 heavy (non-hydrogen) atoms. The van der Waals surface area contributed by atoms with Crippen LogP contribution in [0.4, 0.5) is 5.69 Å². The van der Waals surface area contributed by atoms with Crippen LogP contribution in [0.3, 0.4) is 0 Å². The van der Waals surface area contributed by atoms with Crippen molar-refractivity contribution in [3.05, 3.63) is 45.3 Å². The molecule has 0 saturated heterocycles. The lowest BCUT2D eigenvalue weighted by Gasteiger charge is -2.12. The van der Waals surface area contributed by atoms with Gasteiger partial charge in [-0.15, -0.1) is 0 Å². The van der Waals surface area contributed by atoms with Gasteiger partial charge >= 0.3 is 0 Å². The molecule has 0 aliphatic carbocycles. The van der Waals surface area contributed by atoms with Gasteiger partial charge in [0.1, 0.15) is 5.69 Å². The van der Waals surface area contributed by atoms with Crippen LogP contribution in [0, 0.1) is 0 Å². The molecule has 116 valence electrons. The summed E-state index contributed by atoms with van der Waals surface area (Å²) in [6, 6.07) is 5.68. The molecule has 8 heteroatoms. The molecule has 1 N–H and O–H groups in total. The maximum atomic E-state index is 12.2. The lowest BCUT2D eigenvalue weighted by molar-refractivity contribution is 0.102. The molecule has 0 aliphatic heterocycles. The van der Waals surface area contributed by atoms with E-state index in [1.807, 2.05) is 0 Å². The van der Waals surface area contributed by atoms with E-state index in [2.05, 4.69) is 10.4 Å². The summed E-state index contributed by atoms with van der Waals surface area (Å²) in [6.07, 6.45) is 0. The third-order valence-corrected chi connectivity index (χ3v) is 3.23. The highest BCUT2D eigenvalue weighted by atomic mass is 35.5. The third-order valence-electron chi connectivity index (χ3n) is 2.91. The van der Waals surface area contributed by atoms with E-state index in [4.69, 9.17) is 21.1 Å². The van der Waals surface area contributed by atoms with Crippen molar-refractivity contribution in [2.24, 2.45) is 7.05 Å². The Labute approximate surface area is 131 Å². The molecule has 0 bridgehead atoms. The van der Waals surface area contributed by atoms with Crippen molar-refractivity contribution in [2.45, 2.75) is 0 Å². The van der Waals surface area contributed by atoms with E-state index in [0.29, 0.717) is 17.2 Å². The van der Waals surface area contributed by atoms with Crippen molar-refractivity contribution in [1.82, 2.24) is 9.78 Å². The van der Waals surface area contributed by atoms with E-state index in [0.717, 1.165) is 4.68 Å². The molecule has 0 atom stereocenters. The molecule has 2 rings (SSSR count). The first-order chi connectivity index (χ1) is 10.5. The SMILES string of the molecule is COc1cc(Cl)c(NC(=O)c2ccc(=O)n(C)n2)cc1OC. The number of amides is 1. The van der Waals surface area contributed by atoms with E-state index in [-0.39, 0.29) is 16.3 Å². The van der Waals surface area contributed by atoms with Crippen LogP contribution in [0.25, 0.3) is 0 Å². The summed E-state index contributed by atoms with van der Waals surface area (Å²) in [5, 5.41) is 6.77. The molecule has 7 nitrogen and oxygen atoms in total. The molecule has 1 heterocycles. The second-order valence-corrected chi connectivity index (χ2v) is 4.73. The van der Waals surface area contributed by atoms with Gasteiger partial charge in [-0.2, -0.15) is 5.10 Å². The molecule has 0 unspecified atom stereocenters. The summed E-state index contributed by atoms with van der Waals surface area (Å²) in [6.45, 7) is 0. The van der Waals surface area contributed by atoms with E-state index >= 15 is 0 Å². The van der Waals surface area contributed by atoms with Gasteiger partial charge in [-0.25, -0.2) is 4.68 Å². The number of anilines is 1. The van der Waals surface area contributed by atoms with Gasteiger partial charge in [-0.1, -0.05) is 11.6 Å². The van der Waals surface area contributed by atoms with Crippen LogP contribution in [0.1, 0.15) is 10.5 Å². The van der Waals surface area contributed by atoms with Crippen LogP contribution in [0.5, 0.6) is 11.5 Å². The molecule has 0 aliphatic rings. The van der Waals surface area contributed by atoms with E-state index in [1.54, 1.807) is 6.07 Å². The lowest BCUT2D eigenvalue weighted by Crippen LogP contribution is -2.23. The average Bonchev–Trinajstić information content (AvgIpc) is 2.51. The normalized spacial score (nSPS) is 10.2. The Morgan fingerprint density at radius 1 is 1.23 bits per heavy atom. The van der Waals surface area contributed by atoms with Crippen LogP contribution < -0.4 is 20.3 Å². The third kappa shape index (κ3) is 3.20. The van der Waals surface area contributed by atoms with E-state index < -0.39 is 5.91 Å². The maximum Gasteiger partial charge on any atom is 0.276 e. The standard InChI is InChI=1S/C14H14ClN3O4/c1-18-13(19)5-4-9(17-18)14(20)16-10-7-12(22-3)11(21-2)6-8(10)15/h4-7H,1-3H3,(H,16,20). The number of carbonyl (C=O) groups is 1. The highest BCUT2D eigenvalue weighted by Crippen LogP contribution is 2.36. The number of aryl methyl sites for hydroxylation is 1. The highest BCUT2D eigenvalue weighted by Gasteiger charge is 2.14. The zero-order valence-electron chi connectivity index (χ0n) is 12.2. The Morgan fingerprint density at radius 3 is 2.45 bits per heavy atom. The number of rotatable bonds is 4. The number of methoxy groups -OCH3 is 2. The molecular weight excluding hydrogens is 310 g/mol. The van der Waals surface area contributed by atoms with Crippen LogP contribution in [0.15, 0.2) is 29.1 Å². The fourth-order valence-electron chi connectivity index (χ4n) is 1.76. The van der Waals surface area contributed by atoms with Crippen LogP contribution in [0.2, 0.25) is 5.02 Å². The number of nitrogens with one attached hydrogen (secondary N) is 1. The van der Waals surface area contributed by atoms with Crippen LogP contribution >= 0.6 is 11.6 Å². The number of hydrogen-bond acceptors (Lipinski definition) is 5. The number of hydrogen-bond donors (Lipinski definition) is 1. The summed E-state index contributed by atoms with van der Waals surface area (Å²) in [5.41, 5.74) is 0.133. The molecule has 0 spiro atoms. The van der Waals surface area contributed by atoms with Crippen molar-refractivity contribution < 1.29 is 14.3 Å². The first kappa shape index (κ1) is 15.8. The van der Waals surface area contributed by atoms with Gasteiger partial charge in [0.05, 0.1) is 24.9 Å². The first-order valence-corrected chi connectivity index (χ1v) is 6.61. The smallest absolute Gasteiger partial charge is 0.276 e. The minimum absolute atomic E-state index is 0.0907. The summed E-state index contributed by atoms with van der Waals surface area (Å²) in [7, 11) is 4.43. The fourth-order valence-corrected chi connectivity index (χ4v) is 1.96. The maximum absolute atomic E-state index is 12.2. The second kappa shape index (κ2) is 6.48. The van der Waals surface area contributed by atoms with Gasteiger partial charge in [-0.3, -0.25) is 9.59 Å². The summed E-state index contributed by atoms with van der Waals surface area (Å²) >= 11 is 6.10. The minimum Gasteiger partial charge on any atom is -0.493 e. The summed E-state index contributed by atoms with van der Waals surface area (Å²) in [4.78, 5) is 23.4. The van der Waals surface area contributed by atoms with Gasteiger partial charge in [0.2, 0.25) is 0 Å². The molecule has 0 saturated carbocycles. The van der Waals surface area contributed by atoms with Gasteiger partial charge in [-0.05, 0) is 6.07 Å². The molecule has 1 aromatic carbocycles. The zero-order valence-corrected chi connectivity index (χ0v) is 13.0. The Morgan fingerprint density at radius 2 is 1.86 bits per heavy atom. The number of benzene rings is 1. The van der Waals surface area contributed by atoms with E-state index in [1.165, 1.54) is 39.5 Å². The zero-order chi connectivity index (χ0) is 16.3. The quantitative estimate of drug-likeness (QED) is 0.926. The minimum atomic E-state index is -0.496. The molecular formula is C14H14ClN3O4. The first-order valence-electron chi connectivity index (χ1n) is 6.23. The highest BCUT2D eigenvalue weighted by molar-refractivity contribution is 6.34. The predicted octanol–water partition coefficient (Wildman–Crippen LogP) is 1.70. The number of ether oxygens (including phenoxy) is 2. The topological polar surface area (TPSA) is 82.5 Å². The van der Waals surface area contributed by atoms with Crippen molar-refractivity contribution >= 4 is 23.2 Å². The van der Waals surface area contributed by atoms with Crippen molar-refractivity contribution in [3.8, 4) is 11.5 Å². The number of aromatic nitrogens is 2. The predicted molar refractivity (Wildman–Crippen MR) is 82.0 cm³/mol. The monoisotopic (exact) mass is 323 g/mol. The molecule has 1 aromatic heterocycles.